The van der Waals surface area contributed by atoms with Crippen molar-refractivity contribution in [3.05, 3.63) is 59.7 Å². The fraction of sp³-hybridized carbons (Fsp3) is 0.200. The molecule has 0 aliphatic heterocycles. The number of sulfonamides is 1. The monoisotopic (exact) mass is 420 g/mol. The highest BCUT2D eigenvalue weighted by Gasteiger charge is 2.23. The molecule has 0 fully saturated rings. The second-order valence-corrected chi connectivity index (χ2v) is 8.19. The van der Waals surface area contributed by atoms with Gasteiger partial charge < -0.3 is 5.11 Å². The third-order valence-electron chi connectivity index (χ3n) is 4.56. The second kappa shape index (κ2) is 7.84. The fourth-order valence-corrected chi connectivity index (χ4v) is 4.57. The summed E-state index contributed by atoms with van der Waals surface area (Å²) in [6, 6.07) is 8.01. The number of aromatic carboxylic acids is 1. The number of carbonyl (C=O) groups is 1. The van der Waals surface area contributed by atoms with Gasteiger partial charge in [-0.2, -0.15) is 4.31 Å². The molecule has 0 saturated carbocycles. The van der Waals surface area contributed by atoms with E-state index in [9.17, 15) is 27.1 Å². The molecule has 0 amide bonds. The Bertz CT molecular complexity index is 1210. The van der Waals surface area contributed by atoms with E-state index < -0.39 is 27.6 Å². The Balaban J connectivity index is 2.25. The van der Waals surface area contributed by atoms with Crippen LogP contribution in [0, 0.1) is 11.6 Å². The van der Waals surface area contributed by atoms with E-state index in [2.05, 4.69) is 4.98 Å². The lowest BCUT2D eigenvalue weighted by Crippen LogP contribution is -2.30. The average molecular weight is 420 g/mol. The maximum atomic E-state index is 14.1. The maximum Gasteiger partial charge on any atom is 0.336 e. The SMILES string of the molecule is CCN(CC)S(=O)(=O)c1ccc2nc(-c3ccc(F)cc3F)cc(C(=O)O)c2c1. The van der Waals surface area contributed by atoms with E-state index in [1.54, 1.807) is 13.8 Å². The molecule has 152 valence electrons. The quantitative estimate of drug-likeness (QED) is 0.653. The molecule has 0 saturated heterocycles. The van der Waals surface area contributed by atoms with Crippen molar-refractivity contribution in [3.8, 4) is 11.3 Å². The molecule has 9 heteroatoms. The molecular weight excluding hydrogens is 402 g/mol. The summed E-state index contributed by atoms with van der Waals surface area (Å²) in [4.78, 5) is 16.0. The average Bonchev–Trinajstić information content (AvgIpc) is 2.67. The van der Waals surface area contributed by atoms with Crippen molar-refractivity contribution in [2.75, 3.05) is 13.1 Å². The van der Waals surface area contributed by atoms with Crippen LogP contribution < -0.4 is 0 Å². The number of hydrogen-bond acceptors (Lipinski definition) is 4. The molecule has 0 bridgehead atoms. The zero-order chi connectivity index (χ0) is 21.3. The third-order valence-corrected chi connectivity index (χ3v) is 6.61. The van der Waals surface area contributed by atoms with Crippen LogP contribution in [0.25, 0.3) is 22.2 Å². The Morgan fingerprint density at radius 2 is 1.76 bits per heavy atom. The van der Waals surface area contributed by atoms with E-state index in [0.29, 0.717) is 6.07 Å². The lowest BCUT2D eigenvalue weighted by atomic mass is 10.0. The maximum absolute atomic E-state index is 14.1. The second-order valence-electron chi connectivity index (χ2n) is 6.25. The van der Waals surface area contributed by atoms with Gasteiger partial charge in [0.05, 0.1) is 21.7 Å². The molecular formula is C20H18F2N2O4S. The van der Waals surface area contributed by atoms with Crippen molar-refractivity contribution < 1.29 is 27.1 Å². The Hall–Kier alpha value is -2.91. The Morgan fingerprint density at radius 3 is 2.34 bits per heavy atom. The van der Waals surface area contributed by atoms with Crippen LogP contribution in [0.4, 0.5) is 8.78 Å². The van der Waals surface area contributed by atoms with Gasteiger partial charge in [-0.25, -0.2) is 27.0 Å². The lowest BCUT2D eigenvalue weighted by molar-refractivity contribution is 0.0699. The van der Waals surface area contributed by atoms with Gasteiger partial charge in [-0.3, -0.25) is 0 Å². The minimum absolute atomic E-state index is 0.00625. The molecule has 0 spiro atoms. The van der Waals surface area contributed by atoms with E-state index >= 15 is 0 Å². The summed E-state index contributed by atoms with van der Waals surface area (Å²) in [6.07, 6.45) is 0. The van der Waals surface area contributed by atoms with Crippen LogP contribution in [-0.4, -0.2) is 41.9 Å². The van der Waals surface area contributed by atoms with Gasteiger partial charge in [0, 0.05) is 30.1 Å². The van der Waals surface area contributed by atoms with Crippen LogP contribution in [0.2, 0.25) is 0 Å². The van der Waals surface area contributed by atoms with Gasteiger partial charge in [0.1, 0.15) is 11.6 Å². The van der Waals surface area contributed by atoms with E-state index in [4.69, 9.17) is 0 Å². The molecule has 29 heavy (non-hydrogen) atoms. The summed E-state index contributed by atoms with van der Waals surface area (Å²) < 4.78 is 54.1. The summed E-state index contributed by atoms with van der Waals surface area (Å²) in [5.74, 6) is -2.97. The van der Waals surface area contributed by atoms with Crippen LogP contribution >= 0.6 is 0 Å². The summed E-state index contributed by atoms with van der Waals surface area (Å²) >= 11 is 0. The van der Waals surface area contributed by atoms with Gasteiger partial charge in [-0.05, 0) is 36.4 Å². The number of benzene rings is 2. The molecule has 1 heterocycles. The first-order valence-electron chi connectivity index (χ1n) is 8.82. The van der Waals surface area contributed by atoms with Crippen LogP contribution in [0.15, 0.2) is 47.4 Å². The number of pyridine rings is 1. The zero-order valence-corrected chi connectivity index (χ0v) is 16.5. The summed E-state index contributed by atoms with van der Waals surface area (Å²) in [5.41, 5.74) is -0.102. The first kappa shape index (κ1) is 20.8. The normalized spacial score (nSPS) is 11.9. The first-order valence-corrected chi connectivity index (χ1v) is 10.3. The molecule has 0 aliphatic rings. The van der Waals surface area contributed by atoms with E-state index in [1.165, 1.54) is 28.6 Å². The van der Waals surface area contributed by atoms with Crippen LogP contribution in [0.3, 0.4) is 0 Å². The van der Waals surface area contributed by atoms with Crippen molar-refractivity contribution in [2.24, 2.45) is 0 Å². The number of fused-ring (bicyclic) bond motifs is 1. The van der Waals surface area contributed by atoms with E-state index in [0.717, 1.165) is 12.1 Å². The molecule has 0 radical (unpaired) electrons. The molecule has 0 atom stereocenters. The number of rotatable bonds is 6. The summed E-state index contributed by atoms with van der Waals surface area (Å²) in [7, 11) is -3.80. The van der Waals surface area contributed by atoms with Gasteiger partial charge in [-0.15, -0.1) is 0 Å². The summed E-state index contributed by atoms with van der Waals surface area (Å²) in [6.45, 7) is 3.94. The molecule has 2 aromatic carbocycles. The van der Waals surface area contributed by atoms with Crippen molar-refractivity contribution in [3.63, 3.8) is 0 Å². The highest BCUT2D eigenvalue weighted by molar-refractivity contribution is 7.89. The van der Waals surface area contributed by atoms with Gasteiger partial charge in [0.2, 0.25) is 10.0 Å². The minimum Gasteiger partial charge on any atom is -0.478 e. The van der Waals surface area contributed by atoms with Crippen LogP contribution in [-0.2, 0) is 10.0 Å². The number of halogens is 2. The minimum atomic E-state index is -3.80. The highest BCUT2D eigenvalue weighted by atomic mass is 32.2. The standard InChI is InChI=1S/C20H18F2N2O4S/c1-3-24(4-2)29(27,28)13-6-8-18-15(10-13)16(20(25)26)11-19(23-18)14-7-5-12(21)9-17(14)22/h5-11H,3-4H2,1-2H3,(H,25,26). The van der Waals surface area contributed by atoms with Gasteiger partial charge in [-0.1, -0.05) is 13.8 Å². The largest absolute Gasteiger partial charge is 0.478 e. The Labute approximate surface area is 166 Å². The molecule has 6 nitrogen and oxygen atoms in total. The van der Waals surface area contributed by atoms with Crippen molar-refractivity contribution >= 4 is 26.9 Å². The van der Waals surface area contributed by atoms with Gasteiger partial charge in [0.25, 0.3) is 0 Å². The highest BCUT2D eigenvalue weighted by Crippen LogP contribution is 2.29. The third kappa shape index (κ3) is 3.83. The molecule has 0 aliphatic carbocycles. The molecule has 3 rings (SSSR count). The smallest absolute Gasteiger partial charge is 0.336 e. The first-order chi connectivity index (χ1) is 13.7. The molecule has 1 N–H and O–H groups in total. The van der Waals surface area contributed by atoms with Gasteiger partial charge >= 0.3 is 5.97 Å². The number of hydrogen-bond donors (Lipinski definition) is 1. The molecule has 3 aromatic rings. The molecule has 1 aromatic heterocycles. The number of aromatic nitrogens is 1. The number of nitrogens with zero attached hydrogens (tertiary/aromatic N) is 2. The van der Waals surface area contributed by atoms with Crippen LogP contribution in [0.5, 0.6) is 0 Å². The van der Waals surface area contributed by atoms with Crippen molar-refractivity contribution in [2.45, 2.75) is 18.7 Å². The predicted molar refractivity (Wildman–Crippen MR) is 104 cm³/mol. The lowest BCUT2D eigenvalue weighted by Gasteiger charge is -2.19. The van der Waals surface area contributed by atoms with E-state index in [1.807, 2.05) is 0 Å². The number of carboxylic acid groups (broad SMARTS) is 1. The topological polar surface area (TPSA) is 87.6 Å². The Kier molecular flexibility index (Phi) is 5.63. The van der Waals surface area contributed by atoms with Crippen LogP contribution in [0.1, 0.15) is 24.2 Å². The predicted octanol–water partition coefficient (Wildman–Crippen LogP) is 3.91. The van der Waals surface area contributed by atoms with Gasteiger partial charge in [0.15, 0.2) is 0 Å². The fourth-order valence-electron chi connectivity index (χ4n) is 3.09. The number of carboxylic acids is 1. The van der Waals surface area contributed by atoms with E-state index in [-0.39, 0.29) is 45.7 Å². The summed E-state index contributed by atoms with van der Waals surface area (Å²) in [5, 5.41) is 9.73. The van der Waals surface area contributed by atoms with Crippen molar-refractivity contribution in [1.29, 1.82) is 0 Å². The zero-order valence-electron chi connectivity index (χ0n) is 15.7. The van der Waals surface area contributed by atoms with Crippen molar-refractivity contribution in [1.82, 2.24) is 9.29 Å². The molecule has 0 unspecified atom stereocenters. The Morgan fingerprint density at radius 1 is 1.07 bits per heavy atom.